The van der Waals surface area contributed by atoms with Gasteiger partial charge in [-0.2, -0.15) is 4.31 Å². The number of benzene rings is 2. The maximum Gasteiger partial charge on any atom is 0.312 e. The van der Waals surface area contributed by atoms with Crippen LogP contribution in [0.15, 0.2) is 53.4 Å². The Morgan fingerprint density at radius 2 is 1.53 bits per heavy atom. The summed E-state index contributed by atoms with van der Waals surface area (Å²) in [7, 11) is -0.776. The van der Waals surface area contributed by atoms with Crippen LogP contribution in [-0.4, -0.2) is 80.8 Å². The molecule has 2 amide bonds. The van der Waals surface area contributed by atoms with Crippen LogP contribution in [-0.2, 0) is 26.2 Å². The van der Waals surface area contributed by atoms with Crippen molar-refractivity contribution in [3.63, 3.8) is 0 Å². The van der Waals surface area contributed by atoms with Gasteiger partial charge in [-0.3, -0.25) is 9.59 Å². The lowest BCUT2D eigenvalue weighted by molar-refractivity contribution is -0.158. The number of piperidine rings is 1. The highest BCUT2D eigenvalue weighted by Gasteiger charge is 2.39. The molecular formula is C24H29N3O6S. The number of carbonyl (C=O) groups is 2. The monoisotopic (exact) mass is 487 g/mol. The number of ether oxygens (including phenoxy) is 2. The molecule has 0 bridgehead atoms. The molecule has 0 N–H and O–H groups in total. The van der Waals surface area contributed by atoms with Crippen LogP contribution in [0.5, 0.6) is 11.5 Å². The summed E-state index contributed by atoms with van der Waals surface area (Å²) in [5, 5.41) is 0. The zero-order chi connectivity index (χ0) is 24.3. The Kier molecular flexibility index (Phi) is 7.08. The summed E-state index contributed by atoms with van der Waals surface area (Å²) in [6.45, 7) is 1.86. The second-order valence-corrected chi connectivity index (χ2v) is 10.3. The number of hydrogen-bond donors (Lipinski definition) is 0. The molecule has 9 nitrogen and oxygen atoms in total. The van der Waals surface area contributed by atoms with Crippen molar-refractivity contribution in [2.75, 3.05) is 40.4 Å². The maximum atomic E-state index is 13.2. The van der Waals surface area contributed by atoms with Crippen molar-refractivity contribution in [3.05, 3.63) is 54.1 Å². The lowest BCUT2D eigenvalue weighted by Crippen LogP contribution is -2.58. The van der Waals surface area contributed by atoms with E-state index in [9.17, 15) is 18.0 Å². The van der Waals surface area contributed by atoms with E-state index in [0.29, 0.717) is 44.0 Å². The van der Waals surface area contributed by atoms with E-state index >= 15 is 0 Å². The smallest absolute Gasteiger partial charge is 0.312 e. The van der Waals surface area contributed by atoms with Crippen molar-refractivity contribution in [2.24, 2.45) is 0 Å². The second-order valence-electron chi connectivity index (χ2n) is 8.36. The summed E-state index contributed by atoms with van der Waals surface area (Å²) in [4.78, 5) is 28.9. The Morgan fingerprint density at radius 3 is 2.18 bits per heavy atom. The maximum absolute atomic E-state index is 13.2. The quantitative estimate of drug-likeness (QED) is 0.552. The molecule has 34 heavy (non-hydrogen) atoms. The van der Waals surface area contributed by atoms with Gasteiger partial charge in [-0.15, -0.1) is 0 Å². The van der Waals surface area contributed by atoms with Crippen molar-refractivity contribution in [2.45, 2.75) is 30.3 Å². The normalized spacial score (nSPS) is 18.3. The lowest BCUT2D eigenvalue weighted by atomic mass is 10.0. The van der Waals surface area contributed by atoms with Crippen molar-refractivity contribution in [1.29, 1.82) is 0 Å². The number of sulfonamides is 1. The largest absolute Gasteiger partial charge is 0.493 e. The number of hydrogen-bond acceptors (Lipinski definition) is 6. The third-order valence-electron chi connectivity index (χ3n) is 6.42. The molecule has 2 saturated heterocycles. The van der Waals surface area contributed by atoms with Crippen LogP contribution in [0.2, 0.25) is 0 Å². The minimum atomic E-state index is -3.72. The van der Waals surface area contributed by atoms with Gasteiger partial charge in [0.2, 0.25) is 10.0 Å². The van der Waals surface area contributed by atoms with E-state index in [-0.39, 0.29) is 24.0 Å². The Bertz CT molecular complexity index is 1150. The molecule has 0 saturated carbocycles. The van der Waals surface area contributed by atoms with Crippen LogP contribution in [0, 0.1) is 0 Å². The van der Waals surface area contributed by atoms with Crippen LogP contribution in [0.4, 0.5) is 0 Å². The molecule has 0 radical (unpaired) electrons. The minimum absolute atomic E-state index is 0.129. The van der Waals surface area contributed by atoms with Crippen molar-refractivity contribution in [3.8, 4) is 11.5 Å². The SMILES string of the molecule is COc1ccc(S(=O)(=O)N2CCC(N3CCN(Cc4ccccc4)C(=O)C3=O)CC2)cc1OC. The number of amides is 2. The van der Waals surface area contributed by atoms with Gasteiger partial charge in [0.05, 0.1) is 19.1 Å². The number of piperazine rings is 1. The molecule has 2 heterocycles. The van der Waals surface area contributed by atoms with E-state index in [1.165, 1.54) is 30.7 Å². The van der Waals surface area contributed by atoms with Crippen LogP contribution >= 0.6 is 0 Å². The average molecular weight is 488 g/mol. The molecule has 2 aliphatic rings. The molecule has 10 heteroatoms. The fourth-order valence-electron chi connectivity index (χ4n) is 4.51. The molecule has 0 spiro atoms. The van der Waals surface area contributed by atoms with Gasteiger partial charge in [0.25, 0.3) is 0 Å². The topological polar surface area (TPSA) is 96.5 Å². The van der Waals surface area contributed by atoms with Gasteiger partial charge >= 0.3 is 11.8 Å². The summed E-state index contributed by atoms with van der Waals surface area (Å²) in [6.07, 6.45) is 0.953. The van der Waals surface area contributed by atoms with E-state index in [1.807, 2.05) is 30.3 Å². The Hall–Kier alpha value is -3.11. The summed E-state index contributed by atoms with van der Waals surface area (Å²) in [5.41, 5.74) is 0.978. The highest BCUT2D eigenvalue weighted by atomic mass is 32.2. The molecule has 0 atom stereocenters. The first-order valence-corrected chi connectivity index (χ1v) is 12.6. The highest BCUT2D eigenvalue weighted by Crippen LogP contribution is 2.32. The van der Waals surface area contributed by atoms with Crippen molar-refractivity contribution < 1.29 is 27.5 Å². The predicted molar refractivity (Wildman–Crippen MR) is 125 cm³/mol. The molecule has 0 unspecified atom stereocenters. The van der Waals surface area contributed by atoms with Crippen molar-refractivity contribution in [1.82, 2.24) is 14.1 Å². The van der Waals surface area contributed by atoms with Crippen LogP contribution in [0.3, 0.4) is 0 Å². The second kappa shape index (κ2) is 10.0. The van der Waals surface area contributed by atoms with E-state index in [1.54, 1.807) is 15.9 Å². The van der Waals surface area contributed by atoms with E-state index in [0.717, 1.165) is 5.56 Å². The number of rotatable bonds is 7. The molecule has 0 aromatic heterocycles. The third kappa shape index (κ3) is 4.74. The first-order chi connectivity index (χ1) is 16.3. The van der Waals surface area contributed by atoms with E-state index in [2.05, 4.69) is 0 Å². The van der Waals surface area contributed by atoms with Gasteiger partial charge in [0.1, 0.15) is 0 Å². The highest BCUT2D eigenvalue weighted by molar-refractivity contribution is 7.89. The fourth-order valence-corrected chi connectivity index (χ4v) is 6.00. The fraction of sp³-hybridized carbons (Fsp3) is 0.417. The summed E-state index contributed by atoms with van der Waals surface area (Å²) < 4.78 is 38.2. The molecule has 4 rings (SSSR count). The zero-order valence-electron chi connectivity index (χ0n) is 19.3. The lowest BCUT2D eigenvalue weighted by Gasteiger charge is -2.41. The van der Waals surface area contributed by atoms with Gasteiger partial charge in [-0.25, -0.2) is 8.42 Å². The number of nitrogens with zero attached hydrogens (tertiary/aromatic N) is 3. The van der Waals surface area contributed by atoms with Crippen LogP contribution in [0.1, 0.15) is 18.4 Å². The summed E-state index contributed by atoms with van der Waals surface area (Å²) >= 11 is 0. The number of methoxy groups -OCH3 is 2. The van der Waals surface area contributed by atoms with E-state index < -0.39 is 21.8 Å². The van der Waals surface area contributed by atoms with Crippen LogP contribution < -0.4 is 9.47 Å². The van der Waals surface area contributed by atoms with Gasteiger partial charge in [0.15, 0.2) is 11.5 Å². The molecular weight excluding hydrogens is 458 g/mol. The molecule has 2 aromatic carbocycles. The van der Waals surface area contributed by atoms with Gasteiger partial charge in [0, 0.05) is 44.8 Å². The van der Waals surface area contributed by atoms with E-state index in [4.69, 9.17) is 9.47 Å². The predicted octanol–water partition coefficient (Wildman–Crippen LogP) is 1.73. The Balaban J connectivity index is 1.38. The zero-order valence-corrected chi connectivity index (χ0v) is 20.2. The Morgan fingerprint density at radius 1 is 0.853 bits per heavy atom. The van der Waals surface area contributed by atoms with Crippen molar-refractivity contribution >= 4 is 21.8 Å². The first-order valence-electron chi connectivity index (χ1n) is 11.2. The molecule has 2 aliphatic heterocycles. The third-order valence-corrected chi connectivity index (χ3v) is 8.31. The van der Waals surface area contributed by atoms with Gasteiger partial charge in [-0.1, -0.05) is 30.3 Å². The first kappa shape index (κ1) is 24.0. The number of carbonyl (C=O) groups excluding carboxylic acids is 2. The minimum Gasteiger partial charge on any atom is -0.493 e. The van der Waals surface area contributed by atoms with Gasteiger partial charge in [-0.05, 0) is 30.5 Å². The van der Waals surface area contributed by atoms with Crippen LogP contribution in [0.25, 0.3) is 0 Å². The molecule has 0 aliphatic carbocycles. The molecule has 2 aromatic rings. The average Bonchev–Trinajstić information content (AvgIpc) is 2.87. The summed E-state index contributed by atoms with van der Waals surface area (Å²) in [6, 6.07) is 13.9. The Labute approximate surface area is 199 Å². The molecule has 182 valence electrons. The summed E-state index contributed by atoms with van der Waals surface area (Å²) in [5.74, 6) is -0.218. The standard InChI is InChI=1S/C24H29N3O6S/c1-32-21-9-8-20(16-22(21)33-2)34(30,31)26-12-10-19(11-13-26)27-15-14-25(23(28)24(27)29)17-18-6-4-3-5-7-18/h3-9,16,19H,10-15,17H2,1-2H3. The molecule has 2 fully saturated rings. The van der Waals surface area contributed by atoms with Gasteiger partial charge < -0.3 is 19.3 Å².